The van der Waals surface area contributed by atoms with Crippen LogP contribution >= 0.6 is 12.4 Å². The minimum atomic E-state index is 0. The van der Waals surface area contributed by atoms with Crippen molar-refractivity contribution in [2.45, 2.75) is 25.8 Å². The van der Waals surface area contributed by atoms with E-state index in [9.17, 15) is 0 Å². The molecule has 16 heavy (non-hydrogen) atoms. The molecule has 0 amide bonds. The molecule has 1 aliphatic heterocycles. The van der Waals surface area contributed by atoms with Gasteiger partial charge in [0.25, 0.3) is 0 Å². The number of hydrogen-bond acceptors (Lipinski definition) is 2. The molecule has 2 nitrogen and oxygen atoms in total. The first kappa shape index (κ1) is 13.5. The fraction of sp³-hybridized carbons (Fsp3) is 0.538. The zero-order valence-corrected chi connectivity index (χ0v) is 10.7. The SMILES string of the molecule is Cc1ccc(CCN2CC[C@H](N)C2)cc1.Cl. The summed E-state index contributed by atoms with van der Waals surface area (Å²) < 4.78 is 0. The number of hydrogen-bond donors (Lipinski definition) is 1. The first-order valence-corrected chi connectivity index (χ1v) is 5.77. The van der Waals surface area contributed by atoms with E-state index in [2.05, 4.69) is 36.1 Å². The summed E-state index contributed by atoms with van der Waals surface area (Å²) in [5.74, 6) is 0. The summed E-state index contributed by atoms with van der Waals surface area (Å²) in [6.45, 7) is 5.53. The van der Waals surface area contributed by atoms with E-state index in [0.717, 1.165) is 25.9 Å². The predicted molar refractivity (Wildman–Crippen MR) is 71.2 cm³/mol. The van der Waals surface area contributed by atoms with Gasteiger partial charge in [-0.3, -0.25) is 0 Å². The van der Waals surface area contributed by atoms with Crippen LogP contribution in [-0.2, 0) is 6.42 Å². The van der Waals surface area contributed by atoms with Gasteiger partial charge in [-0.1, -0.05) is 29.8 Å². The van der Waals surface area contributed by atoms with E-state index in [4.69, 9.17) is 5.73 Å². The summed E-state index contributed by atoms with van der Waals surface area (Å²) in [6.07, 6.45) is 2.31. The molecular formula is C13H21ClN2. The van der Waals surface area contributed by atoms with E-state index >= 15 is 0 Å². The Hall–Kier alpha value is -0.570. The van der Waals surface area contributed by atoms with Gasteiger partial charge in [-0.15, -0.1) is 12.4 Å². The molecule has 1 aliphatic rings. The summed E-state index contributed by atoms with van der Waals surface area (Å²) in [4.78, 5) is 2.46. The van der Waals surface area contributed by atoms with E-state index in [1.165, 1.54) is 17.7 Å². The van der Waals surface area contributed by atoms with E-state index in [0.29, 0.717) is 6.04 Å². The summed E-state index contributed by atoms with van der Waals surface area (Å²) in [5.41, 5.74) is 8.64. The van der Waals surface area contributed by atoms with Gasteiger partial charge in [-0.2, -0.15) is 0 Å². The standard InChI is InChI=1S/C13H20N2.ClH/c1-11-2-4-12(5-3-11)6-8-15-9-7-13(14)10-15;/h2-5,13H,6-10,14H2,1H3;1H/t13-;/m0./s1. The summed E-state index contributed by atoms with van der Waals surface area (Å²) in [6, 6.07) is 9.23. The van der Waals surface area contributed by atoms with Crippen LogP contribution in [0, 0.1) is 6.92 Å². The molecule has 90 valence electrons. The van der Waals surface area contributed by atoms with Crippen LogP contribution in [0.2, 0.25) is 0 Å². The van der Waals surface area contributed by atoms with E-state index in [-0.39, 0.29) is 12.4 Å². The van der Waals surface area contributed by atoms with Gasteiger partial charge in [0.2, 0.25) is 0 Å². The van der Waals surface area contributed by atoms with Crippen LogP contribution in [0.25, 0.3) is 0 Å². The zero-order valence-electron chi connectivity index (χ0n) is 9.86. The molecule has 1 saturated heterocycles. The van der Waals surface area contributed by atoms with Crippen molar-refractivity contribution in [2.75, 3.05) is 19.6 Å². The molecule has 3 heteroatoms. The molecule has 1 fully saturated rings. The van der Waals surface area contributed by atoms with Gasteiger partial charge >= 0.3 is 0 Å². The zero-order chi connectivity index (χ0) is 10.7. The van der Waals surface area contributed by atoms with Gasteiger partial charge in [0.15, 0.2) is 0 Å². The molecule has 0 aliphatic carbocycles. The fourth-order valence-electron chi connectivity index (χ4n) is 2.11. The normalized spacial score (nSPS) is 20.8. The Morgan fingerprint density at radius 3 is 2.56 bits per heavy atom. The number of nitrogens with two attached hydrogens (primary N) is 1. The summed E-state index contributed by atoms with van der Waals surface area (Å²) >= 11 is 0. The maximum atomic E-state index is 5.87. The third kappa shape index (κ3) is 3.78. The van der Waals surface area contributed by atoms with Gasteiger partial charge in [0, 0.05) is 19.1 Å². The summed E-state index contributed by atoms with van der Waals surface area (Å²) in [7, 11) is 0. The molecule has 0 unspecified atom stereocenters. The highest BCUT2D eigenvalue weighted by Crippen LogP contribution is 2.09. The monoisotopic (exact) mass is 240 g/mol. The maximum absolute atomic E-state index is 5.87. The van der Waals surface area contributed by atoms with Crippen LogP contribution in [0.1, 0.15) is 17.5 Å². The van der Waals surface area contributed by atoms with Crippen LogP contribution in [0.15, 0.2) is 24.3 Å². The average molecular weight is 241 g/mol. The molecule has 0 bridgehead atoms. The molecule has 2 N–H and O–H groups in total. The molecule has 1 heterocycles. The van der Waals surface area contributed by atoms with Crippen LogP contribution in [0.3, 0.4) is 0 Å². The molecule has 1 aromatic rings. The molecule has 0 saturated carbocycles. The highest BCUT2D eigenvalue weighted by molar-refractivity contribution is 5.85. The predicted octanol–water partition coefficient (Wildman–Crippen LogP) is 1.99. The van der Waals surface area contributed by atoms with Crippen LogP contribution in [0.5, 0.6) is 0 Å². The number of nitrogens with zero attached hydrogens (tertiary/aromatic N) is 1. The molecule has 0 radical (unpaired) electrons. The highest BCUT2D eigenvalue weighted by atomic mass is 35.5. The number of benzene rings is 1. The molecule has 0 aromatic heterocycles. The second kappa shape index (κ2) is 6.24. The number of aryl methyl sites for hydroxylation is 1. The second-order valence-electron chi connectivity index (χ2n) is 4.58. The Morgan fingerprint density at radius 1 is 1.31 bits per heavy atom. The molecule has 0 spiro atoms. The topological polar surface area (TPSA) is 29.3 Å². The third-order valence-electron chi connectivity index (χ3n) is 3.15. The van der Waals surface area contributed by atoms with Crippen molar-refractivity contribution in [3.05, 3.63) is 35.4 Å². The molecule has 2 rings (SSSR count). The van der Waals surface area contributed by atoms with Gasteiger partial charge in [0.1, 0.15) is 0 Å². The van der Waals surface area contributed by atoms with E-state index in [1.807, 2.05) is 0 Å². The van der Waals surface area contributed by atoms with Crippen molar-refractivity contribution in [1.29, 1.82) is 0 Å². The smallest absolute Gasteiger partial charge is 0.0180 e. The summed E-state index contributed by atoms with van der Waals surface area (Å²) in [5, 5.41) is 0. The van der Waals surface area contributed by atoms with Gasteiger partial charge in [-0.05, 0) is 31.9 Å². The Labute approximate surface area is 104 Å². The first-order chi connectivity index (χ1) is 7.24. The van der Waals surface area contributed by atoms with Crippen molar-refractivity contribution in [2.24, 2.45) is 5.73 Å². The van der Waals surface area contributed by atoms with Crippen LogP contribution in [-0.4, -0.2) is 30.6 Å². The van der Waals surface area contributed by atoms with Crippen molar-refractivity contribution in [3.63, 3.8) is 0 Å². The third-order valence-corrected chi connectivity index (χ3v) is 3.15. The second-order valence-corrected chi connectivity index (χ2v) is 4.58. The Morgan fingerprint density at radius 2 is 2.00 bits per heavy atom. The van der Waals surface area contributed by atoms with Gasteiger partial charge < -0.3 is 10.6 Å². The number of likely N-dealkylation sites (tertiary alicyclic amines) is 1. The lowest BCUT2D eigenvalue weighted by Gasteiger charge is -2.14. The van der Waals surface area contributed by atoms with Crippen LogP contribution < -0.4 is 5.73 Å². The van der Waals surface area contributed by atoms with Crippen molar-refractivity contribution >= 4 is 12.4 Å². The Balaban J connectivity index is 0.00000128. The Kier molecular flexibility index (Phi) is 5.26. The highest BCUT2D eigenvalue weighted by Gasteiger charge is 2.17. The first-order valence-electron chi connectivity index (χ1n) is 5.77. The number of rotatable bonds is 3. The van der Waals surface area contributed by atoms with Gasteiger partial charge in [0.05, 0.1) is 0 Å². The largest absolute Gasteiger partial charge is 0.326 e. The fourth-order valence-corrected chi connectivity index (χ4v) is 2.11. The van der Waals surface area contributed by atoms with Crippen LogP contribution in [0.4, 0.5) is 0 Å². The lowest BCUT2D eigenvalue weighted by Crippen LogP contribution is -2.28. The van der Waals surface area contributed by atoms with Crippen molar-refractivity contribution in [3.8, 4) is 0 Å². The minimum Gasteiger partial charge on any atom is -0.326 e. The van der Waals surface area contributed by atoms with E-state index < -0.39 is 0 Å². The minimum absolute atomic E-state index is 0. The van der Waals surface area contributed by atoms with Crippen molar-refractivity contribution in [1.82, 2.24) is 4.90 Å². The average Bonchev–Trinajstić information content (AvgIpc) is 2.64. The van der Waals surface area contributed by atoms with Gasteiger partial charge in [-0.25, -0.2) is 0 Å². The molecule has 1 atom stereocenters. The lowest BCUT2D eigenvalue weighted by atomic mass is 10.1. The number of halogens is 1. The quantitative estimate of drug-likeness (QED) is 0.876. The Bertz CT molecular complexity index is 310. The van der Waals surface area contributed by atoms with E-state index in [1.54, 1.807) is 0 Å². The lowest BCUT2D eigenvalue weighted by molar-refractivity contribution is 0.339. The molecule has 1 aromatic carbocycles. The molecular weight excluding hydrogens is 220 g/mol. The maximum Gasteiger partial charge on any atom is 0.0180 e. The van der Waals surface area contributed by atoms with Crippen molar-refractivity contribution < 1.29 is 0 Å².